The number of hydrogen-bond acceptors (Lipinski definition) is 3. The smallest absolute Gasteiger partial charge is 0.330 e. The second-order valence-electron chi connectivity index (χ2n) is 6.86. The van der Waals surface area contributed by atoms with E-state index >= 15 is 0 Å². The zero-order valence-corrected chi connectivity index (χ0v) is 15.9. The largest absolute Gasteiger partial charge is 0.456 e. The quantitative estimate of drug-likeness (QED) is 0.272. The van der Waals surface area contributed by atoms with Crippen LogP contribution in [0.1, 0.15) is 63.9 Å². The summed E-state index contributed by atoms with van der Waals surface area (Å²) in [5, 5.41) is 0. The highest BCUT2D eigenvalue weighted by molar-refractivity contribution is 5.82. The molecule has 1 aliphatic rings. The van der Waals surface area contributed by atoms with Crippen LogP contribution in [0.25, 0.3) is 0 Å². The molecule has 0 bridgehead atoms. The Morgan fingerprint density at radius 3 is 2.69 bits per heavy atom. The van der Waals surface area contributed by atoms with Gasteiger partial charge in [0.05, 0.1) is 6.61 Å². The van der Waals surface area contributed by atoms with Crippen molar-refractivity contribution in [1.82, 2.24) is 0 Å². The van der Waals surface area contributed by atoms with E-state index in [1.165, 1.54) is 44.6 Å². The van der Waals surface area contributed by atoms with Gasteiger partial charge in [0.25, 0.3) is 0 Å². The number of carbonyl (C=O) groups excluding carboxylic acids is 1. The van der Waals surface area contributed by atoms with Crippen molar-refractivity contribution < 1.29 is 14.3 Å². The monoisotopic (exact) mass is 356 g/mol. The Labute approximate surface area is 158 Å². The maximum Gasteiger partial charge on any atom is 0.330 e. The van der Waals surface area contributed by atoms with Gasteiger partial charge in [0.15, 0.2) is 0 Å². The molecular weight excluding hydrogens is 324 g/mol. The van der Waals surface area contributed by atoms with E-state index in [2.05, 4.69) is 19.1 Å². The molecule has 3 nitrogen and oxygen atoms in total. The van der Waals surface area contributed by atoms with Crippen LogP contribution in [0, 0.1) is 0 Å². The van der Waals surface area contributed by atoms with Crippen LogP contribution >= 0.6 is 0 Å². The Kier molecular flexibility index (Phi) is 9.81. The average Bonchev–Trinajstić information content (AvgIpc) is 2.67. The maximum atomic E-state index is 11.6. The molecule has 2 atom stereocenters. The van der Waals surface area contributed by atoms with Gasteiger partial charge in [-0.15, -0.1) is 0 Å². The van der Waals surface area contributed by atoms with Gasteiger partial charge in [-0.3, -0.25) is 0 Å². The molecule has 0 aliphatic carbocycles. The van der Waals surface area contributed by atoms with Crippen molar-refractivity contribution >= 4 is 5.97 Å². The number of carbonyl (C=O) groups is 1. The second-order valence-corrected chi connectivity index (χ2v) is 6.86. The first kappa shape index (κ1) is 20.4. The Bertz CT molecular complexity index is 562. The van der Waals surface area contributed by atoms with Crippen LogP contribution in [0.5, 0.6) is 0 Å². The molecule has 3 heteroatoms. The minimum atomic E-state index is -0.279. The topological polar surface area (TPSA) is 35.5 Å². The van der Waals surface area contributed by atoms with Gasteiger partial charge in [-0.05, 0) is 18.4 Å². The predicted octanol–water partition coefficient (Wildman–Crippen LogP) is 5.75. The third-order valence-electron chi connectivity index (χ3n) is 4.59. The van der Waals surface area contributed by atoms with Gasteiger partial charge >= 0.3 is 5.97 Å². The Morgan fingerprint density at radius 1 is 1.15 bits per heavy atom. The summed E-state index contributed by atoms with van der Waals surface area (Å²) in [6.07, 6.45) is 16.7. The standard InChI is InChI=1S/C23H32O3/c1-2-3-4-5-6-7-8-12-16-21(22-17-13-18-23(24)26-22)25-19-20-14-10-9-11-15-20/h9-16,18,21-22H,2-8,17,19H2,1H3/b16-12+/t21-,22+/m0/s1. The minimum absolute atomic E-state index is 0.204. The molecule has 0 aromatic heterocycles. The van der Waals surface area contributed by atoms with Crippen molar-refractivity contribution in [2.45, 2.75) is 77.1 Å². The van der Waals surface area contributed by atoms with E-state index < -0.39 is 0 Å². The first-order valence-corrected chi connectivity index (χ1v) is 9.99. The lowest BCUT2D eigenvalue weighted by atomic mass is 10.1. The second kappa shape index (κ2) is 12.5. The van der Waals surface area contributed by atoms with Crippen molar-refractivity contribution in [3.05, 3.63) is 60.2 Å². The van der Waals surface area contributed by atoms with Crippen LogP contribution in [-0.4, -0.2) is 18.2 Å². The highest BCUT2D eigenvalue weighted by atomic mass is 16.6. The SMILES string of the molecule is CCCCCCCC/C=C/[C@H](OCc1ccccc1)[C@H]1CC=CC(=O)O1. The zero-order valence-electron chi connectivity index (χ0n) is 15.9. The van der Waals surface area contributed by atoms with Crippen LogP contribution in [-0.2, 0) is 20.9 Å². The molecule has 0 fully saturated rings. The summed E-state index contributed by atoms with van der Waals surface area (Å²) >= 11 is 0. The van der Waals surface area contributed by atoms with Crippen molar-refractivity contribution in [3.63, 3.8) is 0 Å². The maximum absolute atomic E-state index is 11.6. The van der Waals surface area contributed by atoms with E-state index in [0.717, 1.165) is 12.0 Å². The number of ether oxygens (including phenoxy) is 2. The highest BCUT2D eigenvalue weighted by Gasteiger charge is 2.25. The molecule has 1 aromatic rings. The number of benzene rings is 1. The molecule has 0 radical (unpaired) electrons. The Balaban J connectivity index is 1.81. The summed E-state index contributed by atoms with van der Waals surface area (Å²) in [4.78, 5) is 11.6. The normalized spacial score (nSPS) is 18.2. The Morgan fingerprint density at radius 2 is 1.92 bits per heavy atom. The van der Waals surface area contributed by atoms with Gasteiger partial charge < -0.3 is 9.47 Å². The van der Waals surface area contributed by atoms with Crippen molar-refractivity contribution in [2.75, 3.05) is 0 Å². The number of unbranched alkanes of at least 4 members (excludes halogenated alkanes) is 6. The number of rotatable bonds is 12. The van der Waals surface area contributed by atoms with Crippen molar-refractivity contribution in [2.24, 2.45) is 0 Å². The summed E-state index contributed by atoms with van der Waals surface area (Å²) in [7, 11) is 0. The van der Waals surface area contributed by atoms with Crippen LogP contribution in [0.15, 0.2) is 54.6 Å². The predicted molar refractivity (Wildman–Crippen MR) is 106 cm³/mol. The zero-order chi connectivity index (χ0) is 18.5. The molecule has 0 saturated heterocycles. The van der Waals surface area contributed by atoms with Gasteiger partial charge in [-0.1, -0.05) is 87.6 Å². The lowest BCUT2D eigenvalue weighted by Crippen LogP contribution is -2.33. The fraction of sp³-hybridized carbons (Fsp3) is 0.522. The van der Waals surface area contributed by atoms with Gasteiger partial charge in [0, 0.05) is 12.5 Å². The summed E-state index contributed by atoms with van der Waals surface area (Å²) in [5.41, 5.74) is 1.12. The molecule has 2 rings (SSSR count). The summed E-state index contributed by atoms with van der Waals surface area (Å²) in [6, 6.07) is 10.1. The molecule has 142 valence electrons. The van der Waals surface area contributed by atoms with Crippen LogP contribution in [0.4, 0.5) is 0 Å². The lowest BCUT2D eigenvalue weighted by molar-refractivity contribution is -0.151. The summed E-state index contributed by atoms with van der Waals surface area (Å²) < 4.78 is 11.5. The highest BCUT2D eigenvalue weighted by Crippen LogP contribution is 2.18. The average molecular weight is 357 g/mol. The lowest BCUT2D eigenvalue weighted by Gasteiger charge is -2.26. The number of hydrogen-bond donors (Lipinski definition) is 0. The van der Waals surface area contributed by atoms with Gasteiger partial charge in [0.2, 0.25) is 0 Å². The minimum Gasteiger partial charge on any atom is -0.456 e. The van der Waals surface area contributed by atoms with Gasteiger partial charge in [-0.2, -0.15) is 0 Å². The molecule has 0 saturated carbocycles. The van der Waals surface area contributed by atoms with Gasteiger partial charge in [-0.25, -0.2) is 4.79 Å². The molecule has 0 unspecified atom stereocenters. The van der Waals surface area contributed by atoms with Crippen LogP contribution in [0.2, 0.25) is 0 Å². The van der Waals surface area contributed by atoms with E-state index in [-0.39, 0.29) is 18.2 Å². The van der Waals surface area contributed by atoms with E-state index in [1.54, 1.807) is 0 Å². The van der Waals surface area contributed by atoms with Crippen LogP contribution < -0.4 is 0 Å². The first-order valence-electron chi connectivity index (χ1n) is 9.99. The molecule has 1 aliphatic heterocycles. The van der Waals surface area contributed by atoms with Crippen LogP contribution in [0.3, 0.4) is 0 Å². The molecule has 0 N–H and O–H groups in total. The van der Waals surface area contributed by atoms with Crippen molar-refractivity contribution in [1.29, 1.82) is 0 Å². The fourth-order valence-corrected chi connectivity index (χ4v) is 3.06. The van der Waals surface area contributed by atoms with E-state index in [1.807, 2.05) is 36.4 Å². The van der Waals surface area contributed by atoms with Crippen molar-refractivity contribution in [3.8, 4) is 0 Å². The summed E-state index contributed by atoms with van der Waals surface area (Å²) in [6.45, 7) is 2.76. The fourth-order valence-electron chi connectivity index (χ4n) is 3.06. The molecular formula is C23H32O3. The third-order valence-corrected chi connectivity index (χ3v) is 4.59. The molecule has 1 aromatic carbocycles. The molecule has 0 spiro atoms. The number of esters is 1. The first-order chi connectivity index (χ1) is 12.8. The summed E-state index contributed by atoms with van der Waals surface area (Å²) in [5.74, 6) is -0.279. The number of allylic oxidation sites excluding steroid dienone is 1. The van der Waals surface area contributed by atoms with E-state index in [9.17, 15) is 4.79 Å². The van der Waals surface area contributed by atoms with E-state index in [4.69, 9.17) is 9.47 Å². The number of cyclic esters (lactones) is 1. The molecule has 1 heterocycles. The molecule has 0 amide bonds. The third kappa shape index (κ3) is 8.01. The van der Waals surface area contributed by atoms with Gasteiger partial charge in [0.1, 0.15) is 12.2 Å². The molecule has 26 heavy (non-hydrogen) atoms. The Hall–Kier alpha value is -1.87. The van der Waals surface area contributed by atoms with E-state index in [0.29, 0.717) is 13.0 Å².